The zero-order valence-corrected chi connectivity index (χ0v) is 9.99. The van der Waals surface area contributed by atoms with Gasteiger partial charge in [0, 0.05) is 12.3 Å². The summed E-state index contributed by atoms with van der Waals surface area (Å²) < 4.78 is 32.2. The molecule has 0 aliphatic carbocycles. The van der Waals surface area contributed by atoms with E-state index in [9.17, 15) is 28.6 Å². The second-order valence-corrected chi connectivity index (χ2v) is 4.46. The Morgan fingerprint density at radius 2 is 2.15 bits per heavy atom. The molecule has 1 aromatic heterocycles. The fourth-order valence-corrected chi connectivity index (χ4v) is 2.03. The van der Waals surface area contributed by atoms with Crippen LogP contribution in [0.25, 0.3) is 0 Å². The molecule has 1 unspecified atom stereocenters. The molecule has 0 saturated carbocycles. The summed E-state index contributed by atoms with van der Waals surface area (Å²) >= 11 is 0. The summed E-state index contributed by atoms with van der Waals surface area (Å²) in [5.74, 6) is -3.14. The van der Waals surface area contributed by atoms with Gasteiger partial charge in [-0.15, -0.1) is 0 Å². The summed E-state index contributed by atoms with van der Waals surface area (Å²) in [7, 11) is 0. The summed E-state index contributed by atoms with van der Waals surface area (Å²) in [5, 5.41) is 28.5. The zero-order chi connectivity index (χ0) is 15.1. The van der Waals surface area contributed by atoms with Gasteiger partial charge in [0.05, 0.1) is 0 Å². The lowest BCUT2D eigenvalue weighted by atomic mass is 9.94. The van der Waals surface area contributed by atoms with Gasteiger partial charge in [0.25, 0.3) is 11.4 Å². The number of halogens is 2. The first kappa shape index (κ1) is 14.8. The van der Waals surface area contributed by atoms with E-state index in [1.807, 2.05) is 4.98 Å². The van der Waals surface area contributed by atoms with Crippen molar-refractivity contribution in [1.29, 1.82) is 0 Å². The third kappa shape index (κ3) is 1.97. The van der Waals surface area contributed by atoms with Gasteiger partial charge in [0.2, 0.25) is 0 Å². The van der Waals surface area contributed by atoms with E-state index in [4.69, 9.17) is 5.11 Å². The van der Waals surface area contributed by atoms with Crippen LogP contribution in [0.4, 0.5) is 8.78 Å². The zero-order valence-electron chi connectivity index (χ0n) is 9.99. The summed E-state index contributed by atoms with van der Waals surface area (Å²) in [4.78, 5) is 24.3. The van der Waals surface area contributed by atoms with Crippen LogP contribution in [0.5, 0.6) is 0 Å². The predicted octanol–water partition coefficient (Wildman–Crippen LogP) is -2.21. The van der Waals surface area contributed by atoms with E-state index in [0.717, 1.165) is 12.3 Å². The highest BCUT2D eigenvalue weighted by atomic mass is 19.2. The Kier molecular flexibility index (Phi) is 3.50. The molecule has 0 bridgehead atoms. The normalized spacial score (nSPS) is 37.2. The number of nitrogens with one attached hydrogen (secondary N) is 1. The van der Waals surface area contributed by atoms with Gasteiger partial charge in [-0.25, -0.2) is 13.6 Å². The lowest BCUT2D eigenvalue weighted by Gasteiger charge is -2.28. The number of ether oxygens (including phenoxy) is 1. The highest BCUT2D eigenvalue weighted by Crippen LogP contribution is 2.44. The van der Waals surface area contributed by atoms with Crippen LogP contribution in [0.2, 0.25) is 0 Å². The van der Waals surface area contributed by atoms with Crippen molar-refractivity contribution in [2.45, 2.75) is 23.8 Å². The highest BCUT2D eigenvalue weighted by Gasteiger charge is 2.65. The Hall–Kier alpha value is -1.62. The first-order chi connectivity index (χ1) is 9.28. The van der Waals surface area contributed by atoms with Crippen molar-refractivity contribution in [2.75, 3.05) is 13.3 Å². The lowest BCUT2D eigenvalue weighted by Crippen LogP contribution is -2.53. The van der Waals surface area contributed by atoms with E-state index in [2.05, 4.69) is 4.74 Å². The van der Waals surface area contributed by atoms with Crippen molar-refractivity contribution in [2.24, 2.45) is 0 Å². The summed E-state index contributed by atoms with van der Waals surface area (Å²) in [6.45, 7) is -3.00. The molecule has 1 aliphatic heterocycles. The van der Waals surface area contributed by atoms with Gasteiger partial charge in [-0.2, -0.15) is 0 Å². The van der Waals surface area contributed by atoms with Gasteiger partial charge in [0.15, 0.2) is 17.9 Å². The van der Waals surface area contributed by atoms with Crippen LogP contribution in [-0.4, -0.2) is 55.7 Å². The van der Waals surface area contributed by atoms with E-state index in [1.54, 1.807) is 0 Å². The molecule has 20 heavy (non-hydrogen) atoms. The molecule has 1 saturated heterocycles. The van der Waals surface area contributed by atoms with Gasteiger partial charge in [-0.3, -0.25) is 14.3 Å². The number of rotatable bonds is 3. The minimum Gasteiger partial charge on any atom is -0.390 e. The van der Waals surface area contributed by atoms with Crippen molar-refractivity contribution in [3.63, 3.8) is 0 Å². The quantitative estimate of drug-likeness (QED) is 0.501. The number of aromatic amines is 1. The molecule has 1 aliphatic rings. The van der Waals surface area contributed by atoms with Gasteiger partial charge < -0.3 is 20.1 Å². The van der Waals surface area contributed by atoms with Crippen LogP contribution < -0.4 is 11.2 Å². The number of hydrogen-bond acceptors (Lipinski definition) is 6. The van der Waals surface area contributed by atoms with Crippen LogP contribution >= 0.6 is 0 Å². The third-order valence-corrected chi connectivity index (χ3v) is 3.15. The molecule has 8 nitrogen and oxygen atoms in total. The predicted molar refractivity (Wildman–Crippen MR) is 59.3 cm³/mol. The number of aliphatic hydroxyl groups excluding tert-OH is 2. The third-order valence-electron chi connectivity index (χ3n) is 3.15. The topological polar surface area (TPSA) is 125 Å². The molecular weight excluding hydrogens is 282 g/mol. The molecule has 0 radical (unpaired) electrons. The molecule has 0 spiro atoms. The number of H-pyrrole nitrogens is 1. The monoisotopic (exact) mass is 294 g/mol. The molecule has 1 aromatic rings. The molecule has 2 heterocycles. The van der Waals surface area contributed by atoms with Gasteiger partial charge in [0.1, 0.15) is 13.3 Å². The first-order valence-corrected chi connectivity index (χ1v) is 5.54. The van der Waals surface area contributed by atoms with Crippen molar-refractivity contribution in [3.05, 3.63) is 33.1 Å². The number of hydrogen-bond donors (Lipinski definition) is 4. The Balaban J connectivity index is 2.55. The second kappa shape index (κ2) is 4.74. The Morgan fingerprint density at radius 3 is 2.65 bits per heavy atom. The Labute approximate surface area is 109 Å². The summed E-state index contributed by atoms with van der Waals surface area (Å²) in [6.07, 6.45) is -3.53. The highest BCUT2D eigenvalue weighted by molar-refractivity contribution is 5.06. The van der Waals surface area contributed by atoms with Crippen LogP contribution in [0, 0.1) is 0 Å². The van der Waals surface area contributed by atoms with Crippen molar-refractivity contribution in [1.82, 2.24) is 9.55 Å². The van der Waals surface area contributed by atoms with Gasteiger partial charge in [-0.1, -0.05) is 0 Å². The van der Waals surface area contributed by atoms with E-state index < -0.39 is 48.3 Å². The molecule has 2 rings (SSSR count). The lowest BCUT2D eigenvalue weighted by molar-refractivity contribution is -0.207. The maximum atomic E-state index is 14.0. The smallest absolute Gasteiger partial charge is 0.330 e. The molecule has 112 valence electrons. The fourth-order valence-electron chi connectivity index (χ4n) is 2.03. The first-order valence-electron chi connectivity index (χ1n) is 5.54. The standard InChI is InChI=1S/C10H12F2N2O6/c11-3-9(19)6(17)10(12,4-15)20-7(9)14-2-1-5(16)13-8(14)18/h1-2,6-7,15,17,19H,3-4H2,(H,13,16,18)/t6-,7+,9?,10+/m0/s1. The number of aromatic nitrogens is 2. The number of aliphatic hydroxyl groups is 3. The van der Waals surface area contributed by atoms with Crippen molar-refractivity contribution < 1.29 is 28.8 Å². The van der Waals surface area contributed by atoms with Gasteiger partial charge in [-0.05, 0) is 0 Å². The van der Waals surface area contributed by atoms with E-state index >= 15 is 0 Å². The summed E-state index contributed by atoms with van der Waals surface area (Å²) in [6, 6.07) is 0.868. The van der Waals surface area contributed by atoms with Crippen LogP contribution in [0.1, 0.15) is 6.23 Å². The van der Waals surface area contributed by atoms with Crippen molar-refractivity contribution >= 4 is 0 Å². The SMILES string of the molecule is O=c1ccn([C@@H]2O[C@](F)(CO)[C@@H](O)C2(O)CF)c(=O)[nH]1. The van der Waals surface area contributed by atoms with Crippen LogP contribution in [-0.2, 0) is 4.74 Å². The molecule has 10 heteroatoms. The average molecular weight is 294 g/mol. The van der Waals surface area contributed by atoms with Crippen molar-refractivity contribution in [3.8, 4) is 0 Å². The molecule has 0 aromatic carbocycles. The van der Waals surface area contributed by atoms with Crippen LogP contribution in [0.15, 0.2) is 21.9 Å². The number of alkyl halides is 2. The maximum absolute atomic E-state index is 14.0. The van der Waals surface area contributed by atoms with Gasteiger partial charge >= 0.3 is 5.69 Å². The Bertz CT molecular complexity index is 618. The fraction of sp³-hybridized carbons (Fsp3) is 0.600. The number of nitrogens with zero attached hydrogens (tertiary/aromatic N) is 1. The minimum absolute atomic E-state index is 0.515. The van der Waals surface area contributed by atoms with E-state index in [1.165, 1.54) is 0 Å². The summed E-state index contributed by atoms with van der Waals surface area (Å²) in [5.41, 5.74) is -4.65. The molecule has 0 amide bonds. The molecule has 1 fully saturated rings. The minimum atomic E-state index is -3.14. The van der Waals surface area contributed by atoms with E-state index in [0.29, 0.717) is 4.57 Å². The maximum Gasteiger partial charge on any atom is 0.330 e. The Morgan fingerprint density at radius 1 is 1.50 bits per heavy atom. The van der Waals surface area contributed by atoms with Crippen LogP contribution in [0.3, 0.4) is 0 Å². The average Bonchev–Trinajstić information content (AvgIpc) is 2.62. The molecular formula is C10H12F2N2O6. The molecule has 4 atom stereocenters. The largest absolute Gasteiger partial charge is 0.390 e. The van der Waals surface area contributed by atoms with E-state index in [-0.39, 0.29) is 0 Å². The molecule has 4 N–H and O–H groups in total. The second-order valence-electron chi connectivity index (χ2n) is 4.46.